The number of nitrogens with zero attached hydrogens (tertiary/aromatic N) is 1. The summed E-state index contributed by atoms with van der Waals surface area (Å²) in [6.45, 7) is 0. The highest BCUT2D eigenvalue weighted by atomic mass is 19.4. The Morgan fingerprint density at radius 3 is 2.33 bits per heavy atom. The molecule has 0 aliphatic heterocycles. The second-order valence-electron chi connectivity index (χ2n) is 7.25. The first-order valence-corrected chi connectivity index (χ1v) is 9.74. The van der Waals surface area contributed by atoms with Crippen LogP contribution in [0.3, 0.4) is 0 Å². The van der Waals surface area contributed by atoms with Gasteiger partial charge in [0.15, 0.2) is 0 Å². The molecule has 4 rings (SSSR count). The number of para-hydroxylation sites is 1. The summed E-state index contributed by atoms with van der Waals surface area (Å²) in [6, 6.07) is 20.8. The molecule has 1 aromatic heterocycles. The van der Waals surface area contributed by atoms with E-state index in [1.807, 2.05) is 18.2 Å². The van der Waals surface area contributed by atoms with Crippen molar-refractivity contribution in [3.8, 4) is 16.9 Å². The van der Waals surface area contributed by atoms with E-state index in [9.17, 15) is 18.3 Å². The van der Waals surface area contributed by atoms with Crippen molar-refractivity contribution in [1.82, 2.24) is 4.98 Å². The van der Waals surface area contributed by atoms with E-state index in [1.165, 1.54) is 11.6 Å². The van der Waals surface area contributed by atoms with E-state index in [2.05, 4.69) is 17.1 Å². The van der Waals surface area contributed by atoms with Crippen LogP contribution in [0.4, 0.5) is 13.2 Å². The normalized spacial score (nSPS) is 11.7. The predicted molar refractivity (Wildman–Crippen MR) is 112 cm³/mol. The number of aromatic nitrogens is 1. The standard InChI is InChI=1S/C25H20F3NO/c26-25(27,28)22-14-6-13-21-23(18-10-5-12-20(30)15-18)19(16-29-24(21)22)11-4-9-17-7-2-1-3-8-17/h1-3,5-8,10,12-16,30H,4,9,11H2. The number of benzene rings is 3. The van der Waals surface area contributed by atoms with Crippen molar-refractivity contribution in [3.05, 3.63) is 95.7 Å². The van der Waals surface area contributed by atoms with Crippen LogP contribution >= 0.6 is 0 Å². The molecule has 152 valence electrons. The Hall–Kier alpha value is -3.34. The number of phenols is 1. The van der Waals surface area contributed by atoms with Crippen LogP contribution in [0, 0.1) is 0 Å². The summed E-state index contributed by atoms with van der Waals surface area (Å²) in [5, 5.41) is 10.4. The number of halogens is 3. The highest BCUT2D eigenvalue weighted by molar-refractivity contribution is 5.98. The van der Waals surface area contributed by atoms with Gasteiger partial charge in [0, 0.05) is 11.6 Å². The van der Waals surface area contributed by atoms with Gasteiger partial charge in [0.2, 0.25) is 0 Å². The monoisotopic (exact) mass is 407 g/mol. The molecule has 5 heteroatoms. The Bertz CT molecular complexity index is 1170. The van der Waals surface area contributed by atoms with Gasteiger partial charge in [-0.2, -0.15) is 13.2 Å². The smallest absolute Gasteiger partial charge is 0.418 e. The summed E-state index contributed by atoms with van der Waals surface area (Å²) in [6.07, 6.45) is -0.582. The Morgan fingerprint density at radius 2 is 1.60 bits per heavy atom. The molecule has 0 saturated heterocycles. The van der Waals surface area contributed by atoms with Crippen LogP contribution in [-0.2, 0) is 19.0 Å². The fourth-order valence-corrected chi connectivity index (χ4v) is 3.81. The number of aromatic hydroxyl groups is 1. The molecule has 0 spiro atoms. The van der Waals surface area contributed by atoms with Gasteiger partial charge in [-0.1, -0.05) is 54.6 Å². The molecule has 0 aliphatic rings. The van der Waals surface area contributed by atoms with Crippen molar-refractivity contribution >= 4 is 10.9 Å². The van der Waals surface area contributed by atoms with Gasteiger partial charge in [-0.25, -0.2) is 0 Å². The third kappa shape index (κ3) is 4.15. The molecule has 1 heterocycles. The first kappa shape index (κ1) is 20.0. The van der Waals surface area contributed by atoms with Crippen LogP contribution in [0.15, 0.2) is 79.0 Å². The Balaban J connectivity index is 1.80. The average Bonchev–Trinajstić information content (AvgIpc) is 2.73. The Morgan fingerprint density at radius 1 is 0.833 bits per heavy atom. The summed E-state index contributed by atoms with van der Waals surface area (Å²) in [4.78, 5) is 4.20. The lowest BCUT2D eigenvalue weighted by Gasteiger charge is -2.16. The summed E-state index contributed by atoms with van der Waals surface area (Å²) in [5.74, 6) is 0.0691. The minimum atomic E-state index is -4.49. The molecular weight excluding hydrogens is 387 g/mol. The minimum Gasteiger partial charge on any atom is -0.508 e. The van der Waals surface area contributed by atoms with Gasteiger partial charge < -0.3 is 5.11 Å². The molecule has 2 nitrogen and oxygen atoms in total. The predicted octanol–water partition coefficient (Wildman–Crippen LogP) is 6.80. The van der Waals surface area contributed by atoms with Crippen molar-refractivity contribution in [3.63, 3.8) is 0 Å². The number of rotatable bonds is 5. The average molecular weight is 407 g/mol. The SMILES string of the molecule is Oc1cccc(-c2c(CCCc3ccccc3)cnc3c(C(F)(F)F)cccc23)c1. The number of pyridine rings is 1. The number of fused-ring (bicyclic) bond motifs is 1. The molecule has 0 saturated carbocycles. The van der Waals surface area contributed by atoms with Crippen molar-refractivity contribution in [2.45, 2.75) is 25.4 Å². The van der Waals surface area contributed by atoms with Crippen LogP contribution in [0.1, 0.15) is 23.1 Å². The second-order valence-corrected chi connectivity index (χ2v) is 7.25. The minimum absolute atomic E-state index is 0.0691. The van der Waals surface area contributed by atoms with E-state index >= 15 is 0 Å². The molecular formula is C25H20F3NO. The molecule has 0 amide bonds. The van der Waals surface area contributed by atoms with Gasteiger partial charge >= 0.3 is 6.18 Å². The lowest BCUT2D eigenvalue weighted by molar-refractivity contribution is -0.136. The van der Waals surface area contributed by atoms with Gasteiger partial charge in [0.25, 0.3) is 0 Å². The second kappa shape index (κ2) is 8.19. The summed E-state index contributed by atoms with van der Waals surface area (Å²) < 4.78 is 40.6. The molecule has 0 bridgehead atoms. The summed E-state index contributed by atoms with van der Waals surface area (Å²) in [5.41, 5.74) is 2.62. The maximum Gasteiger partial charge on any atom is 0.418 e. The zero-order chi connectivity index (χ0) is 21.1. The van der Waals surface area contributed by atoms with E-state index in [4.69, 9.17) is 0 Å². The molecule has 0 unspecified atom stereocenters. The van der Waals surface area contributed by atoms with Gasteiger partial charge in [-0.05, 0) is 59.7 Å². The molecule has 0 atom stereocenters. The van der Waals surface area contributed by atoms with Crippen LogP contribution < -0.4 is 0 Å². The number of alkyl halides is 3. The van der Waals surface area contributed by atoms with E-state index in [1.54, 1.807) is 36.5 Å². The summed E-state index contributed by atoms with van der Waals surface area (Å²) in [7, 11) is 0. The third-order valence-corrected chi connectivity index (χ3v) is 5.17. The molecule has 0 aliphatic carbocycles. The lowest BCUT2D eigenvalue weighted by atomic mass is 9.92. The quantitative estimate of drug-likeness (QED) is 0.395. The topological polar surface area (TPSA) is 33.1 Å². The highest BCUT2D eigenvalue weighted by Crippen LogP contribution is 2.39. The van der Waals surface area contributed by atoms with Gasteiger partial charge in [-0.3, -0.25) is 4.98 Å². The zero-order valence-corrected chi connectivity index (χ0v) is 16.2. The number of hydrogen-bond acceptors (Lipinski definition) is 2. The Labute approximate surface area is 172 Å². The van der Waals surface area contributed by atoms with Crippen molar-refractivity contribution in [1.29, 1.82) is 0 Å². The van der Waals surface area contributed by atoms with E-state index in [-0.39, 0.29) is 11.3 Å². The fourth-order valence-electron chi connectivity index (χ4n) is 3.81. The molecule has 0 radical (unpaired) electrons. The van der Waals surface area contributed by atoms with Crippen LogP contribution in [0.25, 0.3) is 22.0 Å². The first-order valence-electron chi connectivity index (χ1n) is 9.74. The van der Waals surface area contributed by atoms with Gasteiger partial charge in [0.1, 0.15) is 5.75 Å². The highest BCUT2D eigenvalue weighted by Gasteiger charge is 2.33. The first-order chi connectivity index (χ1) is 14.4. The van der Waals surface area contributed by atoms with E-state index in [0.29, 0.717) is 22.9 Å². The zero-order valence-electron chi connectivity index (χ0n) is 16.2. The number of hydrogen-bond donors (Lipinski definition) is 1. The Kier molecular flexibility index (Phi) is 5.44. The van der Waals surface area contributed by atoms with Crippen LogP contribution in [0.2, 0.25) is 0 Å². The molecule has 4 aromatic rings. The van der Waals surface area contributed by atoms with E-state index < -0.39 is 11.7 Å². The largest absolute Gasteiger partial charge is 0.508 e. The van der Waals surface area contributed by atoms with Crippen molar-refractivity contribution in [2.75, 3.05) is 0 Å². The molecule has 0 fully saturated rings. The molecule has 30 heavy (non-hydrogen) atoms. The third-order valence-electron chi connectivity index (χ3n) is 5.17. The van der Waals surface area contributed by atoms with Crippen LogP contribution in [0.5, 0.6) is 5.75 Å². The van der Waals surface area contributed by atoms with Crippen molar-refractivity contribution < 1.29 is 18.3 Å². The number of aryl methyl sites for hydroxylation is 2. The maximum absolute atomic E-state index is 13.5. The summed E-state index contributed by atoms with van der Waals surface area (Å²) >= 11 is 0. The number of phenolic OH excluding ortho intramolecular Hbond substituents is 1. The van der Waals surface area contributed by atoms with Gasteiger partial charge in [0.05, 0.1) is 11.1 Å². The van der Waals surface area contributed by atoms with E-state index in [0.717, 1.165) is 24.5 Å². The molecule has 1 N–H and O–H groups in total. The maximum atomic E-state index is 13.5. The van der Waals surface area contributed by atoms with Gasteiger partial charge in [-0.15, -0.1) is 0 Å². The lowest BCUT2D eigenvalue weighted by Crippen LogP contribution is -2.07. The van der Waals surface area contributed by atoms with Crippen molar-refractivity contribution in [2.24, 2.45) is 0 Å². The van der Waals surface area contributed by atoms with Crippen LogP contribution in [-0.4, -0.2) is 10.1 Å². The molecule has 3 aromatic carbocycles. The fraction of sp³-hybridized carbons (Fsp3) is 0.160.